The molecule has 0 bridgehead atoms. The number of nitrogens with two attached hydrogens (primary N) is 1. The van der Waals surface area contributed by atoms with E-state index in [9.17, 15) is 14.4 Å². The van der Waals surface area contributed by atoms with Crippen molar-refractivity contribution in [3.8, 4) is 0 Å². The minimum absolute atomic E-state index is 0.123. The predicted octanol–water partition coefficient (Wildman–Crippen LogP) is 3.00. The molecule has 0 saturated heterocycles. The molecular formula is C22H21N3O4S. The van der Waals surface area contributed by atoms with Gasteiger partial charge in [0.15, 0.2) is 6.61 Å². The highest BCUT2D eigenvalue weighted by Crippen LogP contribution is 2.38. The Balaban J connectivity index is 1.29. The first-order chi connectivity index (χ1) is 14.5. The molecule has 1 aliphatic rings. The number of ether oxygens (including phenoxy) is 1. The van der Waals surface area contributed by atoms with Crippen molar-refractivity contribution < 1.29 is 19.1 Å². The van der Waals surface area contributed by atoms with E-state index in [2.05, 4.69) is 10.3 Å². The van der Waals surface area contributed by atoms with Crippen LogP contribution in [0.1, 0.15) is 39.3 Å². The maximum atomic E-state index is 12.2. The number of aryl methyl sites for hydroxylation is 2. The van der Waals surface area contributed by atoms with Crippen molar-refractivity contribution in [2.24, 2.45) is 5.73 Å². The summed E-state index contributed by atoms with van der Waals surface area (Å²) in [5.74, 6) is -1.52. The topological polar surface area (TPSA) is 111 Å². The highest BCUT2D eigenvalue weighted by molar-refractivity contribution is 7.17. The van der Waals surface area contributed by atoms with Gasteiger partial charge in [0.1, 0.15) is 5.00 Å². The average Bonchev–Trinajstić information content (AvgIpc) is 3.31. The number of para-hydroxylation sites is 1. The van der Waals surface area contributed by atoms with Crippen LogP contribution in [-0.2, 0) is 33.6 Å². The summed E-state index contributed by atoms with van der Waals surface area (Å²) in [4.78, 5) is 41.6. The molecule has 0 spiro atoms. The number of thiophene rings is 1. The highest BCUT2D eigenvalue weighted by Gasteiger charge is 2.26. The Morgan fingerprint density at radius 2 is 1.97 bits per heavy atom. The van der Waals surface area contributed by atoms with E-state index in [4.69, 9.17) is 10.5 Å². The van der Waals surface area contributed by atoms with Gasteiger partial charge in [-0.15, -0.1) is 11.3 Å². The third-order valence-corrected chi connectivity index (χ3v) is 6.23. The number of amides is 2. The minimum Gasteiger partial charge on any atom is -0.456 e. The number of rotatable bonds is 7. The zero-order valence-corrected chi connectivity index (χ0v) is 17.1. The lowest BCUT2D eigenvalue weighted by atomic mass is 10.1. The quantitative estimate of drug-likeness (QED) is 0.568. The summed E-state index contributed by atoms with van der Waals surface area (Å²) >= 11 is 1.37. The van der Waals surface area contributed by atoms with Crippen molar-refractivity contribution in [1.29, 1.82) is 0 Å². The van der Waals surface area contributed by atoms with Gasteiger partial charge >= 0.3 is 5.97 Å². The Bertz CT molecular complexity index is 1140. The molecule has 0 unspecified atom stereocenters. The summed E-state index contributed by atoms with van der Waals surface area (Å²) in [6.45, 7) is -0.412. The smallest absolute Gasteiger partial charge is 0.306 e. The van der Waals surface area contributed by atoms with Crippen molar-refractivity contribution in [3.63, 3.8) is 0 Å². The Labute approximate surface area is 177 Å². The third-order valence-electron chi connectivity index (χ3n) is 5.03. The summed E-state index contributed by atoms with van der Waals surface area (Å²) in [7, 11) is 0. The van der Waals surface area contributed by atoms with Gasteiger partial charge in [-0.05, 0) is 37.0 Å². The summed E-state index contributed by atoms with van der Waals surface area (Å²) in [6.07, 6.45) is 3.21. The number of fused-ring (bicyclic) bond motifs is 2. The zero-order chi connectivity index (χ0) is 21.1. The first-order valence-electron chi connectivity index (χ1n) is 9.76. The molecule has 7 nitrogen and oxygen atoms in total. The van der Waals surface area contributed by atoms with Crippen LogP contribution in [0.5, 0.6) is 0 Å². The number of aromatic nitrogens is 1. The molecule has 0 radical (unpaired) electrons. The number of primary amides is 1. The van der Waals surface area contributed by atoms with Gasteiger partial charge in [0.25, 0.3) is 11.8 Å². The van der Waals surface area contributed by atoms with Crippen molar-refractivity contribution in [2.75, 3.05) is 11.9 Å². The second-order valence-electron chi connectivity index (χ2n) is 7.13. The van der Waals surface area contributed by atoms with Crippen LogP contribution in [0.25, 0.3) is 10.9 Å². The predicted molar refractivity (Wildman–Crippen MR) is 115 cm³/mol. The van der Waals surface area contributed by atoms with Crippen molar-refractivity contribution >= 4 is 45.0 Å². The molecule has 2 amide bonds. The summed E-state index contributed by atoms with van der Waals surface area (Å²) < 4.78 is 5.07. The maximum absolute atomic E-state index is 12.2. The standard InChI is InChI=1S/C22H21N3O4S/c23-21(28)20-15-5-3-7-17(15)30-22(20)25-18(26)12-29-19(27)11-10-14-9-8-13-4-1-2-6-16(13)24-14/h1-2,4,6,8-9H,3,5,7,10-12H2,(H2,23,28)(H,25,26). The van der Waals surface area contributed by atoms with Crippen LogP contribution >= 0.6 is 11.3 Å². The van der Waals surface area contributed by atoms with Gasteiger partial charge in [0, 0.05) is 22.4 Å². The number of carbonyl (C=O) groups is 3. The van der Waals surface area contributed by atoms with Crippen molar-refractivity contribution in [1.82, 2.24) is 4.98 Å². The van der Waals surface area contributed by atoms with Crippen LogP contribution in [0.2, 0.25) is 0 Å². The van der Waals surface area contributed by atoms with Gasteiger partial charge in [-0.2, -0.15) is 0 Å². The number of hydrogen-bond donors (Lipinski definition) is 2. The van der Waals surface area contributed by atoms with E-state index in [-0.39, 0.29) is 6.42 Å². The second-order valence-corrected chi connectivity index (χ2v) is 8.24. The number of esters is 1. The Morgan fingerprint density at radius 3 is 2.80 bits per heavy atom. The summed E-state index contributed by atoms with van der Waals surface area (Å²) in [5.41, 5.74) is 8.46. The molecule has 8 heteroatoms. The monoisotopic (exact) mass is 423 g/mol. The number of hydrogen-bond acceptors (Lipinski definition) is 6. The molecule has 0 atom stereocenters. The van der Waals surface area contributed by atoms with Gasteiger partial charge in [-0.25, -0.2) is 0 Å². The van der Waals surface area contributed by atoms with E-state index in [1.807, 2.05) is 36.4 Å². The van der Waals surface area contributed by atoms with Crippen LogP contribution in [0.15, 0.2) is 36.4 Å². The fourth-order valence-corrected chi connectivity index (χ4v) is 4.92. The van der Waals surface area contributed by atoms with E-state index in [0.29, 0.717) is 17.0 Å². The third kappa shape index (κ3) is 4.33. The SMILES string of the molecule is NC(=O)c1c(NC(=O)COC(=O)CCc2ccc3ccccc3n2)sc2c1CCC2. The van der Waals surface area contributed by atoms with Crippen molar-refractivity contribution in [2.45, 2.75) is 32.1 Å². The number of pyridine rings is 1. The summed E-state index contributed by atoms with van der Waals surface area (Å²) in [5, 5.41) is 4.14. The molecule has 0 aliphatic heterocycles. The number of anilines is 1. The molecule has 4 rings (SSSR count). The first kappa shape index (κ1) is 20.0. The lowest BCUT2D eigenvalue weighted by molar-refractivity contribution is -0.147. The molecular weight excluding hydrogens is 402 g/mol. The van der Waals surface area contributed by atoms with E-state index in [0.717, 1.165) is 46.3 Å². The molecule has 3 N–H and O–H groups in total. The normalized spacial score (nSPS) is 12.5. The van der Waals surface area contributed by atoms with Gasteiger partial charge in [-0.3, -0.25) is 19.4 Å². The lowest BCUT2D eigenvalue weighted by Crippen LogP contribution is -2.22. The molecule has 2 heterocycles. The van der Waals surface area contributed by atoms with Gasteiger partial charge in [0.05, 0.1) is 17.5 Å². The summed E-state index contributed by atoms with van der Waals surface area (Å²) in [6, 6.07) is 11.6. The average molecular weight is 423 g/mol. The molecule has 3 aromatic rings. The molecule has 30 heavy (non-hydrogen) atoms. The van der Waals surface area contributed by atoms with E-state index < -0.39 is 24.4 Å². The molecule has 1 aliphatic carbocycles. The Hall–Kier alpha value is -3.26. The molecule has 0 fully saturated rings. The maximum Gasteiger partial charge on any atom is 0.306 e. The second kappa shape index (κ2) is 8.62. The lowest BCUT2D eigenvalue weighted by Gasteiger charge is -2.07. The molecule has 154 valence electrons. The number of benzene rings is 1. The Morgan fingerprint density at radius 1 is 1.13 bits per heavy atom. The molecule has 2 aromatic heterocycles. The minimum atomic E-state index is -0.551. The van der Waals surface area contributed by atoms with Gasteiger partial charge < -0.3 is 15.8 Å². The van der Waals surface area contributed by atoms with Crippen LogP contribution in [0, 0.1) is 0 Å². The fourth-order valence-electron chi connectivity index (χ4n) is 3.61. The van der Waals surface area contributed by atoms with E-state index in [1.165, 1.54) is 11.3 Å². The fraction of sp³-hybridized carbons (Fsp3) is 0.273. The largest absolute Gasteiger partial charge is 0.456 e. The number of nitrogens with one attached hydrogen (secondary N) is 1. The highest BCUT2D eigenvalue weighted by atomic mass is 32.1. The van der Waals surface area contributed by atoms with Crippen LogP contribution in [0.3, 0.4) is 0 Å². The number of nitrogens with zero attached hydrogens (tertiary/aromatic N) is 1. The van der Waals surface area contributed by atoms with E-state index in [1.54, 1.807) is 0 Å². The van der Waals surface area contributed by atoms with Crippen LogP contribution in [0.4, 0.5) is 5.00 Å². The zero-order valence-electron chi connectivity index (χ0n) is 16.3. The van der Waals surface area contributed by atoms with Gasteiger partial charge in [0.2, 0.25) is 0 Å². The van der Waals surface area contributed by atoms with E-state index >= 15 is 0 Å². The van der Waals surface area contributed by atoms with Crippen molar-refractivity contribution in [3.05, 3.63) is 58.1 Å². The van der Waals surface area contributed by atoms with Gasteiger partial charge in [-0.1, -0.05) is 24.3 Å². The molecule has 1 aromatic carbocycles. The number of carbonyl (C=O) groups excluding carboxylic acids is 3. The van der Waals surface area contributed by atoms with Crippen LogP contribution < -0.4 is 11.1 Å². The Kier molecular flexibility index (Phi) is 5.76. The first-order valence-corrected chi connectivity index (χ1v) is 10.6. The molecule has 0 saturated carbocycles. The van der Waals surface area contributed by atoms with Crippen LogP contribution in [-0.4, -0.2) is 29.4 Å².